The van der Waals surface area contributed by atoms with Gasteiger partial charge in [0.25, 0.3) is 0 Å². The van der Waals surface area contributed by atoms with Gasteiger partial charge >= 0.3 is 0 Å². The van der Waals surface area contributed by atoms with Crippen LogP contribution >= 0.6 is 11.3 Å². The smallest absolute Gasteiger partial charge is 0.0433 e. The maximum Gasteiger partial charge on any atom is 0.0433 e. The fraction of sp³-hybridized carbons (Fsp3) is 0. The van der Waals surface area contributed by atoms with Gasteiger partial charge in [-0.05, 0) is 95.4 Å². The lowest BCUT2D eigenvalue weighted by molar-refractivity contribution is 1.60. The number of hydrogen-bond acceptors (Lipinski definition) is 1. The second-order valence-corrected chi connectivity index (χ2v) is 14.3. The van der Waals surface area contributed by atoms with E-state index < -0.39 is 0 Å². The van der Waals surface area contributed by atoms with Crippen molar-refractivity contribution < 1.29 is 0 Å². The van der Waals surface area contributed by atoms with Crippen LogP contribution in [0.3, 0.4) is 0 Å². The molecule has 1 heterocycles. The molecule has 238 valence electrons. The molecule has 51 heavy (non-hydrogen) atoms. The highest BCUT2D eigenvalue weighted by Crippen LogP contribution is 2.46. The summed E-state index contributed by atoms with van der Waals surface area (Å²) in [5.74, 6) is 0. The van der Waals surface area contributed by atoms with Gasteiger partial charge in [0, 0.05) is 20.2 Å². The van der Waals surface area contributed by atoms with E-state index in [1.165, 1.54) is 97.4 Å². The third-order valence-electron chi connectivity index (χ3n) is 10.3. The third-order valence-corrected chi connectivity index (χ3v) is 11.5. The standard InChI is InChI=1S/C50H32S/c1-3-13-33(14-4-1)34-25-27-36(28-26-34)49-43-21-8-7-20-42(43)48(35-15-5-2-6-16-35)44-30-29-38(32-46(44)49)37-17-11-18-39(31-37)40-22-12-23-45-41-19-9-10-24-47(41)51-50(40)45/h1-32H. The maximum absolute atomic E-state index is 2.42. The van der Waals surface area contributed by atoms with Crippen molar-refractivity contribution >= 4 is 53.1 Å². The lowest BCUT2D eigenvalue weighted by Gasteiger charge is -2.19. The molecule has 1 aromatic heterocycles. The molecule has 0 saturated heterocycles. The minimum atomic E-state index is 1.21. The molecule has 10 aromatic rings. The molecular formula is C50H32S. The topological polar surface area (TPSA) is 0 Å². The molecular weight excluding hydrogens is 633 g/mol. The molecule has 9 aromatic carbocycles. The van der Waals surface area contributed by atoms with Crippen molar-refractivity contribution in [1.82, 2.24) is 0 Å². The van der Waals surface area contributed by atoms with Crippen LogP contribution in [0.4, 0.5) is 0 Å². The molecule has 0 saturated carbocycles. The lowest BCUT2D eigenvalue weighted by atomic mass is 9.84. The first-order valence-corrected chi connectivity index (χ1v) is 18.3. The van der Waals surface area contributed by atoms with Gasteiger partial charge in [0.15, 0.2) is 0 Å². The van der Waals surface area contributed by atoms with Crippen molar-refractivity contribution in [3.63, 3.8) is 0 Å². The average Bonchev–Trinajstić information content (AvgIpc) is 3.59. The average molecular weight is 665 g/mol. The van der Waals surface area contributed by atoms with Gasteiger partial charge in [-0.15, -0.1) is 11.3 Å². The Morgan fingerprint density at radius 2 is 0.725 bits per heavy atom. The highest BCUT2D eigenvalue weighted by molar-refractivity contribution is 7.26. The van der Waals surface area contributed by atoms with Gasteiger partial charge in [-0.2, -0.15) is 0 Å². The van der Waals surface area contributed by atoms with Gasteiger partial charge in [0.2, 0.25) is 0 Å². The molecule has 0 fully saturated rings. The molecule has 0 aliphatic heterocycles. The van der Waals surface area contributed by atoms with Crippen LogP contribution in [0.25, 0.3) is 97.4 Å². The van der Waals surface area contributed by atoms with Gasteiger partial charge in [-0.1, -0.05) is 176 Å². The van der Waals surface area contributed by atoms with Gasteiger partial charge in [-0.3, -0.25) is 0 Å². The van der Waals surface area contributed by atoms with Gasteiger partial charge in [0.05, 0.1) is 0 Å². The summed E-state index contributed by atoms with van der Waals surface area (Å²) in [7, 11) is 0. The Morgan fingerprint density at radius 1 is 0.255 bits per heavy atom. The Morgan fingerprint density at radius 3 is 1.49 bits per heavy atom. The highest BCUT2D eigenvalue weighted by atomic mass is 32.1. The zero-order valence-electron chi connectivity index (χ0n) is 27.9. The van der Waals surface area contributed by atoms with E-state index >= 15 is 0 Å². The summed E-state index contributed by atoms with van der Waals surface area (Å²) in [6, 6.07) is 71.2. The summed E-state index contributed by atoms with van der Waals surface area (Å²) in [4.78, 5) is 0. The summed E-state index contributed by atoms with van der Waals surface area (Å²) in [6.07, 6.45) is 0. The second kappa shape index (κ2) is 12.2. The molecule has 0 amide bonds. The van der Waals surface area contributed by atoms with E-state index in [2.05, 4.69) is 194 Å². The van der Waals surface area contributed by atoms with Crippen LogP contribution in [-0.2, 0) is 0 Å². The molecule has 0 bridgehead atoms. The number of fused-ring (bicyclic) bond motifs is 5. The summed E-state index contributed by atoms with van der Waals surface area (Å²) >= 11 is 1.89. The first kappa shape index (κ1) is 29.6. The first-order chi connectivity index (χ1) is 25.3. The van der Waals surface area contributed by atoms with Gasteiger partial charge in [0.1, 0.15) is 0 Å². The molecule has 1 heteroatoms. The van der Waals surface area contributed by atoms with E-state index in [-0.39, 0.29) is 0 Å². The number of rotatable bonds is 5. The number of benzene rings is 9. The van der Waals surface area contributed by atoms with Gasteiger partial charge in [-0.25, -0.2) is 0 Å². The maximum atomic E-state index is 2.42. The Labute approximate surface area is 301 Å². The van der Waals surface area contributed by atoms with Crippen LogP contribution in [0.2, 0.25) is 0 Å². The number of thiophene rings is 1. The molecule has 10 rings (SSSR count). The minimum Gasteiger partial charge on any atom is -0.135 e. The van der Waals surface area contributed by atoms with E-state index in [0.29, 0.717) is 0 Å². The van der Waals surface area contributed by atoms with Crippen LogP contribution in [-0.4, -0.2) is 0 Å². The molecule has 0 spiro atoms. The Balaban J connectivity index is 1.19. The van der Waals surface area contributed by atoms with Crippen LogP contribution < -0.4 is 0 Å². The van der Waals surface area contributed by atoms with Crippen LogP contribution in [0, 0.1) is 0 Å². The number of hydrogen-bond donors (Lipinski definition) is 0. The normalized spacial score (nSPS) is 11.5. The van der Waals surface area contributed by atoms with Crippen LogP contribution in [0.15, 0.2) is 194 Å². The van der Waals surface area contributed by atoms with Crippen molar-refractivity contribution in [1.29, 1.82) is 0 Å². The van der Waals surface area contributed by atoms with Crippen molar-refractivity contribution in [2.45, 2.75) is 0 Å². The molecule has 0 aliphatic carbocycles. The molecule has 0 N–H and O–H groups in total. The molecule has 0 radical (unpaired) electrons. The fourth-order valence-electron chi connectivity index (χ4n) is 7.89. The predicted molar refractivity (Wildman–Crippen MR) is 222 cm³/mol. The zero-order chi connectivity index (χ0) is 33.7. The second-order valence-electron chi connectivity index (χ2n) is 13.2. The van der Waals surface area contributed by atoms with Gasteiger partial charge < -0.3 is 0 Å². The largest absolute Gasteiger partial charge is 0.135 e. The predicted octanol–water partition coefficient (Wildman–Crippen LogP) is 14.7. The van der Waals surface area contributed by atoms with Crippen molar-refractivity contribution in [3.05, 3.63) is 194 Å². The summed E-state index contributed by atoms with van der Waals surface area (Å²) in [5.41, 5.74) is 12.4. The van der Waals surface area contributed by atoms with Crippen molar-refractivity contribution in [3.8, 4) is 55.6 Å². The Hall–Kier alpha value is -6.28. The zero-order valence-corrected chi connectivity index (χ0v) is 28.7. The van der Waals surface area contributed by atoms with E-state index in [1.54, 1.807) is 0 Å². The van der Waals surface area contributed by atoms with Crippen molar-refractivity contribution in [2.24, 2.45) is 0 Å². The van der Waals surface area contributed by atoms with E-state index in [4.69, 9.17) is 0 Å². The lowest BCUT2D eigenvalue weighted by Crippen LogP contribution is -1.92. The summed E-state index contributed by atoms with van der Waals surface area (Å²) in [5, 5.41) is 7.71. The third kappa shape index (κ3) is 5.05. The molecule has 0 aliphatic rings. The van der Waals surface area contributed by atoms with E-state index in [1.807, 2.05) is 11.3 Å². The molecule has 0 unspecified atom stereocenters. The van der Waals surface area contributed by atoms with E-state index in [9.17, 15) is 0 Å². The summed E-state index contributed by atoms with van der Waals surface area (Å²) in [6.45, 7) is 0. The van der Waals surface area contributed by atoms with Crippen LogP contribution in [0.1, 0.15) is 0 Å². The monoisotopic (exact) mass is 664 g/mol. The fourth-order valence-corrected chi connectivity index (χ4v) is 9.12. The Kier molecular flexibility index (Phi) is 7.11. The highest BCUT2D eigenvalue weighted by Gasteiger charge is 2.18. The first-order valence-electron chi connectivity index (χ1n) is 17.5. The molecule has 0 atom stereocenters. The van der Waals surface area contributed by atoms with Crippen LogP contribution in [0.5, 0.6) is 0 Å². The summed E-state index contributed by atoms with van der Waals surface area (Å²) < 4.78 is 2.67. The quantitative estimate of drug-likeness (QED) is 0.161. The van der Waals surface area contributed by atoms with Crippen molar-refractivity contribution in [2.75, 3.05) is 0 Å². The molecule has 0 nitrogen and oxygen atoms in total. The van der Waals surface area contributed by atoms with E-state index in [0.717, 1.165) is 0 Å². The minimum absolute atomic E-state index is 1.21. The Bertz CT molecular complexity index is 2880. The SMILES string of the molecule is c1ccc(-c2ccc(-c3c4ccccc4c(-c4ccccc4)c4ccc(-c5cccc(-c6cccc7c6sc6ccccc67)c5)cc34)cc2)cc1.